The van der Waals surface area contributed by atoms with Crippen molar-refractivity contribution < 1.29 is 9.90 Å². The van der Waals surface area contributed by atoms with E-state index in [0.29, 0.717) is 0 Å². The number of carbonyl (C=O) groups is 1. The zero-order valence-corrected chi connectivity index (χ0v) is 9.82. The molecule has 16 heavy (non-hydrogen) atoms. The van der Waals surface area contributed by atoms with Gasteiger partial charge >= 0.3 is 0 Å². The summed E-state index contributed by atoms with van der Waals surface area (Å²) in [5.74, 6) is -0.373. The highest BCUT2D eigenvalue weighted by Crippen LogP contribution is 2.16. The molecule has 0 heterocycles. The maximum atomic E-state index is 11.6. The third-order valence-electron chi connectivity index (χ3n) is 2.46. The predicted molar refractivity (Wildman–Crippen MR) is 64.2 cm³/mol. The Labute approximate surface area is 95.5 Å². The fourth-order valence-electron chi connectivity index (χ4n) is 1.39. The lowest BCUT2D eigenvalue weighted by Crippen LogP contribution is -2.43. The Balaban J connectivity index is 2.77. The lowest BCUT2D eigenvalue weighted by molar-refractivity contribution is -0.119. The van der Waals surface area contributed by atoms with Gasteiger partial charge in [-0.2, -0.15) is 0 Å². The number of hydrogen-bond acceptors (Lipinski definition) is 3. The minimum absolute atomic E-state index is 0.373. The third-order valence-corrected chi connectivity index (χ3v) is 2.46. The van der Waals surface area contributed by atoms with Gasteiger partial charge < -0.3 is 16.2 Å². The zero-order chi connectivity index (χ0) is 12.3. The number of amides is 1. The standard InChI is InChI=1S/C12H18N2O2/c1-7-4-5-10(8(2)6-7)14-12(16)11(13)9(3)15/h4-6,9,11,15H,13H2,1-3H3,(H,14,16). The Morgan fingerprint density at radius 2 is 2.06 bits per heavy atom. The number of aliphatic hydroxyl groups excluding tert-OH is 1. The largest absolute Gasteiger partial charge is 0.391 e. The molecule has 4 heteroatoms. The van der Waals surface area contributed by atoms with Gasteiger partial charge in [0.15, 0.2) is 0 Å². The number of aryl methyl sites for hydroxylation is 2. The number of hydrogen-bond donors (Lipinski definition) is 3. The normalized spacial score (nSPS) is 14.3. The quantitative estimate of drug-likeness (QED) is 0.712. The summed E-state index contributed by atoms with van der Waals surface area (Å²) in [6, 6.07) is 4.82. The van der Waals surface area contributed by atoms with Gasteiger partial charge in [0, 0.05) is 5.69 Å². The molecule has 0 saturated heterocycles. The maximum Gasteiger partial charge on any atom is 0.243 e. The summed E-state index contributed by atoms with van der Waals surface area (Å²) in [7, 11) is 0. The van der Waals surface area contributed by atoms with Crippen LogP contribution >= 0.6 is 0 Å². The molecule has 1 rings (SSSR count). The van der Waals surface area contributed by atoms with E-state index >= 15 is 0 Å². The van der Waals surface area contributed by atoms with Crippen molar-refractivity contribution in [2.45, 2.75) is 32.9 Å². The highest BCUT2D eigenvalue weighted by Gasteiger charge is 2.19. The van der Waals surface area contributed by atoms with Crippen LogP contribution in [0.15, 0.2) is 18.2 Å². The second-order valence-electron chi connectivity index (χ2n) is 4.07. The molecule has 0 aliphatic carbocycles. The van der Waals surface area contributed by atoms with Gasteiger partial charge in [-0.25, -0.2) is 0 Å². The molecule has 88 valence electrons. The number of nitrogens with two attached hydrogens (primary N) is 1. The van der Waals surface area contributed by atoms with E-state index in [1.165, 1.54) is 6.92 Å². The lowest BCUT2D eigenvalue weighted by Gasteiger charge is -2.15. The van der Waals surface area contributed by atoms with Crippen LogP contribution in [0.3, 0.4) is 0 Å². The number of carbonyl (C=O) groups excluding carboxylic acids is 1. The predicted octanol–water partition coefficient (Wildman–Crippen LogP) is 0.950. The van der Waals surface area contributed by atoms with Gasteiger partial charge in [0.2, 0.25) is 5.91 Å². The lowest BCUT2D eigenvalue weighted by atomic mass is 10.1. The van der Waals surface area contributed by atoms with Crippen molar-refractivity contribution in [3.05, 3.63) is 29.3 Å². The van der Waals surface area contributed by atoms with Crippen LogP contribution in [-0.2, 0) is 4.79 Å². The minimum atomic E-state index is -0.902. The van der Waals surface area contributed by atoms with E-state index in [0.717, 1.165) is 16.8 Å². The summed E-state index contributed by atoms with van der Waals surface area (Å²) in [5.41, 5.74) is 8.37. The molecule has 0 fully saturated rings. The van der Waals surface area contributed by atoms with Crippen LogP contribution in [0, 0.1) is 13.8 Å². The van der Waals surface area contributed by atoms with Crippen molar-refractivity contribution in [3.63, 3.8) is 0 Å². The molecular formula is C12H18N2O2. The number of rotatable bonds is 3. The van der Waals surface area contributed by atoms with Crippen molar-refractivity contribution in [2.75, 3.05) is 5.32 Å². The average Bonchev–Trinajstić information content (AvgIpc) is 2.20. The first-order valence-corrected chi connectivity index (χ1v) is 5.23. The van der Waals surface area contributed by atoms with E-state index in [1.54, 1.807) is 0 Å². The van der Waals surface area contributed by atoms with Crippen LogP contribution in [0.2, 0.25) is 0 Å². The molecule has 1 aromatic rings. The Hall–Kier alpha value is -1.39. The first-order chi connectivity index (χ1) is 7.41. The van der Waals surface area contributed by atoms with Crippen LogP contribution in [0.25, 0.3) is 0 Å². The first kappa shape index (κ1) is 12.7. The summed E-state index contributed by atoms with van der Waals surface area (Å²) in [5, 5.41) is 11.9. The van der Waals surface area contributed by atoms with Crippen LogP contribution in [0.5, 0.6) is 0 Å². The summed E-state index contributed by atoms with van der Waals surface area (Å²) in [6.07, 6.45) is -0.856. The van der Waals surface area contributed by atoms with Gasteiger partial charge in [0.05, 0.1) is 6.10 Å². The average molecular weight is 222 g/mol. The van der Waals surface area contributed by atoms with Crippen LogP contribution in [0.1, 0.15) is 18.1 Å². The number of benzene rings is 1. The van der Waals surface area contributed by atoms with Gasteiger partial charge in [0.1, 0.15) is 6.04 Å². The molecule has 4 N–H and O–H groups in total. The van der Waals surface area contributed by atoms with Crippen molar-refractivity contribution in [1.29, 1.82) is 0 Å². The number of anilines is 1. The molecule has 0 bridgehead atoms. The van der Waals surface area contributed by atoms with E-state index < -0.39 is 12.1 Å². The Bertz CT molecular complexity index is 389. The van der Waals surface area contributed by atoms with Gasteiger partial charge in [-0.1, -0.05) is 17.7 Å². The zero-order valence-electron chi connectivity index (χ0n) is 9.82. The minimum Gasteiger partial charge on any atom is -0.391 e. The molecule has 2 unspecified atom stereocenters. The van der Waals surface area contributed by atoms with Gasteiger partial charge in [-0.05, 0) is 32.4 Å². The number of aliphatic hydroxyl groups is 1. The smallest absolute Gasteiger partial charge is 0.243 e. The molecule has 0 aliphatic heterocycles. The molecule has 0 aromatic heterocycles. The fourth-order valence-corrected chi connectivity index (χ4v) is 1.39. The highest BCUT2D eigenvalue weighted by molar-refractivity contribution is 5.95. The van der Waals surface area contributed by atoms with Crippen molar-refractivity contribution in [1.82, 2.24) is 0 Å². The summed E-state index contributed by atoms with van der Waals surface area (Å²) < 4.78 is 0. The SMILES string of the molecule is Cc1ccc(NC(=O)C(N)C(C)O)c(C)c1. The van der Waals surface area contributed by atoms with Gasteiger partial charge in [-0.15, -0.1) is 0 Å². The molecule has 0 aliphatic rings. The third kappa shape index (κ3) is 3.05. The molecule has 1 amide bonds. The highest BCUT2D eigenvalue weighted by atomic mass is 16.3. The monoisotopic (exact) mass is 222 g/mol. The molecular weight excluding hydrogens is 204 g/mol. The van der Waals surface area contributed by atoms with E-state index in [4.69, 9.17) is 5.73 Å². The van der Waals surface area contributed by atoms with Gasteiger partial charge in [0.25, 0.3) is 0 Å². The molecule has 1 aromatic carbocycles. The first-order valence-electron chi connectivity index (χ1n) is 5.23. The molecule has 4 nitrogen and oxygen atoms in total. The summed E-state index contributed by atoms with van der Waals surface area (Å²) in [4.78, 5) is 11.6. The topological polar surface area (TPSA) is 75.4 Å². The Morgan fingerprint density at radius 3 is 2.56 bits per heavy atom. The summed E-state index contributed by atoms with van der Waals surface area (Å²) in [6.45, 7) is 5.39. The van der Waals surface area contributed by atoms with Crippen LogP contribution in [-0.4, -0.2) is 23.2 Å². The van der Waals surface area contributed by atoms with E-state index in [1.807, 2.05) is 32.0 Å². The summed E-state index contributed by atoms with van der Waals surface area (Å²) >= 11 is 0. The van der Waals surface area contributed by atoms with Gasteiger partial charge in [-0.3, -0.25) is 4.79 Å². The maximum absolute atomic E-state index is 11.6. The second kappa shape index (κ2) is 5.09. The van der Waals surface area contributed by atoms with Crippen LogP contribution in [0.4, 0.5) is 5.69 Å². The van der Waals surface area contributed by atoms with Crippen molar-refractivity contribution in [2.24, 2.45) is 5.73 Å². The van der Waals surface area contributed by atoms with Crippen LogP contribution < -0.4 is 11.1 Å². The molecule has 0 radical (unpaired) electrons. The number of nitrogens with one attached hydrogen (secondary N) is 1. The van der Waals surface area contributed by atoms with E-state index in [-0.39, 0.29) is 5.91 Å². The molecule has 0 spiro atoms. The molecule has 2 atom stereocenters. The second-order valence-corrected chi connectivity index (χ2v) is 4.07. The Morgan fingerprint density at radius 1 is 1.44 bits per heavy atom. The fraction of sp³-hybridized carbons (Fsp3) is 0.417. The van der Waals surface area contributed by atoms with E-state index in [9.17, 15) is 9.90 Å². The van der Waals surface area contributed by atoms with Crippen molar-refractivity contribution >= 4 is 11.6 Å². The van der Waals surface area contributed by atoms with E-state index in [2.05, 4.69) is 5.32 Å². The Kier molecular flexibility index (Phi) is 4.04. The van der Waals surface area contributed by atoms with Crippen molar-refractivity contribution in [3.8, 4) is 0 Å². The molecule has 0 saturated carbocycles.